The number of benzene rings is 1. The summed E-state index contributed by atoms with van der Waals surface area (Å²) in [6.07, 6.45) is 2.16. The molecule has 0 aliphatic heterocycles. The van der Waals surface area contributed by atoms with Gasteiger partial charge in [-0.3, -0.25) is 0 Å². The summed E-state index contributed by atoms with van der Waals surface area (Å²) in [7, 11) is 4.06. The molecule has 1 N–H and O–H groups in total. The first-order chi connectivity index (χ1) is 10.1. The van der Waals surface area contributed by atoms with Crippen LogP contribution < -0.4 is 10.2 Å². The summed E-state index contributed by atoms with van der Waals surface area (Å²) in [6, 6.07) is 7.99. The van der Waals surface area contributed by atoms with Gasteiger partial charge < -0.3 is 10.2 Å². The molecule has 0 radical (unpaired) electrons. The van der Waals surface area contributed by atoms with E-state index in [-0.39, 0.29) is 0 Å². The molecule has 0 spiro atoms. The van der Waals surface area contributed by atoms with Crippen molar-refractivity contribution in [1.82, 2.24) is 10.3 Å². The number of aromatic nitrogens is 1. The van der Waals surface area contributed by atoms with Crippen molar-refractivity contribution in [2.75, 3.05) is 19.0 Å². The minimum atomic E-state index is 0.780. The predicted molar refractivity (Wildman–Crippen MR) is 92.4 cm³/mol. The van der Waals surface area contributed by atoms with Crippen LogP contribution in [0.1, 0.15) is 29.5 Å². The molecule has 0 atom stereocenters. The summed E-state index contributed by atoms with van der Waals surface area (Å²) in [6.45, 7) is 3.90. The van der Waals surface area contributed by atoms with E-state index < -0.39 is 0 Å². The summed E-state index contributed by atoms with van der Waals surface area (Å²) >= 11 is 7.82. The van der Waals surface area contributed by atoms with Gasteiger partial charge in [0.2, 0.25) is 0 Å². The van der Waals surface area contributed by atoms with Crippen LogP contribution in [0.4, 0.5) is 5.13 Å². The Morgan fingerprint density at radius 2 is 2.19 bits per heavy atom. The lowest BCUT2D eigenvalue weighted by Crippen LogP contribution is -2.16. The molecule has 0 amide bonds. The Morgan fingerprint density at radius 1 is 1.38 bits per heavy atom. The zero-order chi connectivity index (χ0) is 15.2. The second-order valence-corrected chi connectivity index (χ2v) is 6.63. The SMILES string of the molecule is CCCc1nc(N(C)Cc2cccc(Cl)c2)sc1CNC. The number of thiazole rings is 1. The molecule has 0 unspecified atom stereocenters. The number of halogens is 1. The third kappa shape index (κ3) is 4.43. The number of nitrogens with zero attached hydrogens (tertiary/aromatic N) is 2. The maximum absolute atomic E-state index is 6.05. The number of hydrogen-bond donors (Lipinski definition) is 1. The fourth-order valence-corrected chi connectivity index (χ4v) is 3.53. The number of rotatable bonds is 7. The Kier molecular flexibility index (Phi) is 6.03. The van der Waals surface area contributed by atoms with Crippen molar-refractivity contribution in [2.45, 2.75) is 32.9 Å². The van der Waals surface area contributed by atoms with Gasteiger partial charge in [0.05, 0.1) is 5.69 Å². The fourth-order valence-electron chi connectivity index (χ4n) is 2.24. The average molecular weight is 324 g/mol. The summed E-state index contributed by atoms with van der Waals surface area (Å²) in [5.74, 6) is 0. The molecule has 0 saturated carbocycles. The van der Waals surface area contributed by atoms with Crippen LogP contribution in [0.5, 0.6) is 0 Å². The fraction of sp³-hybridized carbons (Fsp3) is 0.438. The largest absolute Gasteiger partial charge is 0.347 e. The smallest absolute Gasteiger partial charge is 0.185 e. The number of hydrogen-bond acceptors (Lipinski definition) is 4. The summed E-state index contributed by atoms with van der Waals surface area (Å²) < 4.78 is 0. The second kappa shape index (κ2) is 7.78. The third-order valence-corrected chi connectivity index (χ3v) is 4.67. The van der Waals surface area contributed by atoms with Crippen LogP contribution in [0, 0.1) is 0 Å². The van der Waals surface area contributed by atoms with Crippen molar-refractivity contribution in [3.63, 3.8) is 0 Å². The van der Waals surface area contributed by atoms with Crippen molar-refractivity contribution in [3.8, 4) is 0 Å². The van der Waals surface area contributed by atoms with Gasteiger partial charge in [-0.15, -0.1) is 11.3 Å². The van der Waals surface area contributed by atoms with E-state index in [9.17, 15) is 0 Å². The maximum Gasteiger partial charge on any atom is 0.185 e. The first kappa shape index (κ1) is 16.3. The molecule has 1 heterocycles. The minimum absolute atomic E-state index is 0.780. The quantitative estimate of drug-likeness (QED) is 0.831. The average Bonchev–Trinajstić information content (AvgIpc) is 2.83. The highest BCUT2D eigenvalue weighted by molar-refractivity contribution is 7.15. The molecule has 0 bridgehead atoms. The maximum atomic E-state index is 6.05. The molecular weight excluding hydrogens is 302 g/mol. The van der Waals surface area contributed by atoms with Gasteiger partial charge in [-0.1, -0.05) is 37.1 Å². The Morgan fingerprint density at radius 3 is 2.86 bits per heavy atom. The molecular formula is C16H22ClN3S. The van der Waals surface area contributed by atoms with Gasteiger partial charge in [-0.05, 0) is 31.2 Å². The zero-order valence-corrected chi connectivity index (χ0v) is 14.4. The van der Waals surface area contributed by atoms with Crippen LogP contribution in [0.2, 0.25) is 5.02 Å². The van der Waals surface area contributed by atoms with Crippen LogP contribution >= 0.6 is 22.9 Å². The van der Waals surface area contributed by atoms with Crippen LogP contribution in [0.3, 0.4) is 0 Å². The summed E-state index contributed by atoms with van der Waals surface area (Å²) in [5.41, 5.74) is 2.43. The van der Waals surface area contributed by atoms with E-state index in [0.717, 1.165) is 36.1 Å². The standard InChI is InChI=1S/C16H22ClN3S/c1-4-6-14-15(10-18-2)21-16(19-14)20(3)11-12-7-5-8-13(17)9-12/h5,7-9,18H,4,6,10-11H2,1-3H3. The summed E-state index contributed by atoms with van der Waals surface area (Å²) in [4.78, 5) is 8.34. The van der Waals surface area contributed by atoms with Gasteiger partial charge in [-0.25, -0.2) is 4.98 Å². The molecule has 1 aromatic carbocycles. The molecule has 5 heteroatoms. The topological polar surface area (TPSA) is 28.2 Å². The summed E-state index contributed by atoms with van der Waals surface area (Å²) in [5, 5.41) is 5.08. The van der Waals surface area contributed by atoms with Crippen LogP contribution in [0.25, 0.3) is 0 Å². The van der Waals surface area contributed by atoms with Crippen LogP contribution in [0.15, 0.2) is 24.3 Å². The number of anilines is 1. The molecule has 2 aromatic rings. The lowest BCUT2D eigenvalue weighted by molar-refractivity contribution is 0.796. The first-order valence-corrected chi connectivity index (χ1v) is 8.42. The second-order valence-electron chi connectivity index (χ2n) is 5.13. The molecule has 3 nitrogen and oxygen atoms in total. The Balaban J connectivity index is 2.14. The van der Waals surface area contributed by atoms with Crippen molar-refractivity contribution >= 4 is 28.1 Å². The van der Waals surface area contributed by atoms with E-state index in [1.54, 1.807) is 11.3 Å². The Labute approximate surface area is 136 Å². The van der Waals surface area contributed by atoms with E-state index in [2.05, 4.69) is 30.3 Å². The number of aryl methyl sites for hydroxylation is 1. The van der Waals surface area contributed by atoms with Gasteiger partial charge in [0.1, 0.15) is 0 Å². The molecule has 2 rings (SSSR count). The lowest BCUT2D eigenvalue weighted by Gasteiger charge is -2.15. The zero-order valence-electron chi connectivity index (χ0n) is 12.8. The minimum Gasteiger partial charge on any atom is -0.347 e. The highest BCUT2D eigenvalue weighted by Gasteiger charge is 2.13. The van der Waals surface area contributed by atoms with E-state index in [1.807, 2.05) is 25.2 Å². The van der Waals surface area contributed by atoms with Crippen molar-refractivity contribution < 1.29 is 0 Å². The number of nitrogens with one attached hydrogen (secondary N) is 1. The van der Waals surface area contributed by atoms with Crippen molar-refractivity contribution in [2.24, 2.45) is 0 Å². The predicted octanol–water partition coefficient (Wildman–Crippen LogP) is 4.10. The van der Waals surface area contributed by atoms with E-state index >= 15 is 0 Å². The Bertz CT molecular complexity index is 559. The van der Waals surface area contributed by atoms with Gasteiger partial charge in [0.15, 0.2) is 5.13 Å². The van der Waals surface area contributed by atoms with Gasteiger partial charge in [0.25, 0.3) is 0 Å². The Hall–Kier alpha value is -1.10. The van der Waals surface area contributed by atoms with E-state index in [4.69, 9.17) is 16.6 Å². The van der Waals surface area contributed by atoms with Gasteiger partial charge in [-0.2, -0.15) is 0 Å². The first-order valence-electron chi connectivity index (χ1n) is 7.22. The van der Waals surface area contributed by atoms with Gasteiger partial charge in [0, 0.05) is 30.0 Å². The monoisotopic (exact) mass is 323 g/mol. The molecule has 0 saturated heterocycles. The molecule has 0 aliphatic rings. The van der Waals surface area contributed by atoms with Gasteiger partial charge >= 0.3 is 0 Å². The van der Waals surface area contributed by atoms with Crippen molar-refractivity contribution in [1.29, 1.82) is 0 Å². The molecule has 21 heavy (non-hydrogen) atoms. The highest BCUT2D eigenvalue weighted by Crippen LogP contribution is 2.27. The van der Waals surface area contributed by atoms with Crippen LogP contribution in [-0.2, 0) is 19.5 Å². The van der Waals surface area contributed by atoms with Crippen molar-refractivity contribution in [3.05, 3.63) is 45.4 Å². The van der Waals surface area contributed by atoms with E-state index in [0.29, 0.717) is 0 Å². The molecule has 0 aliphatic carbocycles. The molecule has 1 aromatic heterocycles. The molecule has 114 valence electrons. The van der Waals surface area contributed by atoms with E-state index in [1.165, 1.54) is 16.1 Å². The molecule has 0 fully saturated rings. The normalized spacial score (nSPS) is 10.9. The lowest BCUT2D eigenvalue weighted by atomic mass is 10.2. The van der Waals surface area contributed by atoms with Crippen LogP contribution in [-0.4, -0.2) is 19.1 Å². The highest BCUT2D eigenvalue weighted by atomic mass is 35.5. The third-order valence-electron chi connectivity index (χ3n) is 3.23.